The van der Waals surface area contributed by atoms with Crippen LogP contribution in [-0.4, -0.2) is 58.5 Å². The number of aromatic nitrogens is 4. The summed E-state index contributed by atoms with van der Waals surface area (Å²) in [6, 6.07) is 47.8. The summed E-state index contributed by atoms with van der Waals surface area (Å²) in [7, 11) is -7.84. The molecule has 344 valence electrons. The van der Waals surface area contributed by atoms with Gasteiger partial charge in [0.25, 0.3) is 20.0 Å². The molecule has 0 unspecified atom stereocenters. The van der Waals surface area contributed by atoms with Crippen molar-refractivity contribution in [3.05, 3.63) is 188 Å². The molecule has 0 aliphatic carbocycles. The van der Waals surface area contributed by atoms with Gasteiger partial charge in [0, 0.05) is 21.5 Å². The predicted molar refractivity (Wildman–Crippen MR) is 265 cm³/mol. The van der Waals surface area contributed by atoms with Gasteiger partial charge in [-0.25, -0.2) is 16.8 Å². The van der Waals surface area contributed by atoms with Gasteiger partial charge in [-0.2, -0.15) is 5.21 Å². The van der Waals surface area contributed by atoms with Crippen LogP contribution in [0.2, 0.25) is 0 Å². The fourth-order valence-electron chi connectivity index (χ4n) is 6.64. The summed E-state index contributed by atoms with van der Waals surface area (Å²) in [5.74, 6) is 3.33. The SMILES string of the molecule is C=C(O)CSc1cc(NS(=O)(=O)c2ccc(Oc3ccccc3)cc2)c2ccccc2c1O.O=S(=O)(Nc1cc(SCc2nn[nH]n2)c(O)c2ccccc12)c1ccc(Oc2ccccc2)cc1. The Bertz CT molecular complexity index is 3420. The molecule has 1 heterocycles. The first-order valence-electron chi connectivity index (χ1n) is 20.4. The van der Waals surface area contributed by atoms with Crippen molar-refractivity contribution in [3.8, 4) is 34.5 Å². The Kier molecular flexibility index (Phi) is 14.4. The van der Waals surface area contributed by atoms with Crippen LogP contribution < -0.4 is 18.9 Å². The molecule has 0 atom stereocenters. The van der Waals surface area contributed by atoms with Crippen LogP contribution in [0.4, 0.5) is 11.4 Å². The van der Waals surface area contributed by atoms with Gasteiger partial charge in [0.15, 0.2) is 5.82 Å². The Morgan fingerprint density at radius 2 is 0.956 bits per heavy atom. The number of aliphatic hydroxyl groups excluding tert-OH is 1. The first kappa shape index (κ1) is 46.8. The summed E-state index contributed by atoms with van der Waals surface area (Å²) in [4.78, 5) is 1.06. The second-order valence-electron chi connectivity index (χ2n) is 14.6. The van der Waals surface area contributed by atoms with Gasteiger partial charge < -0.3 is 24.8 Å². The van der Waals surface area contributed by atoms with Crippen molar-refractivity contribution in [2.24, 2.45) is 0 Å². The minimum absolute atomic E-state index is 0.0159. The number of para-hydroxylation sites is 2. The largest absolute Gasteiger partial charge is 0.512 e. The van der Waals surface area contributed by atoms with Crippen molar-refractivity contribution < 1.29 is 41.6 Å². The number of nitrogens with one attached hydrogen (secondary N) is 3. The van der Waals surface area contributed by atoms with Crippen molar-refractivity contribution >= 4 is 76.5 Å². The summed E-state index contributed by atoms with van der Waals surface area (Å²) >= 11 is 2.43. The number of hydrogen-bond donors (Lipinski definition) is 6. The van der Waals surface area contributed by atoms with E-state index in [1.54, 1.807) is 84.9 Å². The molecule has 15 nitrogen and oxygen atoms in total. The van der Waals surface area contributed by atoms with E-state index < -0.39 is 20.0 Å². The zero-order valence-corrected chi connectivity index (χ0v) is 38.8. The van der Waals surface area contributed by atoms with E-state index in [1.165, 1.54) is 36.0 Å². The third-order valence-electron chi connectivity index (χ3n) is 9.82. The van der Waals surface area contributed by atoms with Crippen LogP contribution in [0.15, 0.2) is 202 Å². The molecule has 0 aliphatic rings. The van der Waals surface area contributed by atoms with Crippen molar-refractivity contribution in [1.29, 1.82) is 0 Å². The topological polar surface area (TPSA) is 226 Å². The number of nitrogens with zero attached hydrogens (tertiary/aromatic N) is 3. The molecular formula is C49H40N6O9S4. The maximum atomic E-state index is 13.2. The Morgan fingerprint density at radius 3 is 1.37 bits per heavy atom. The highest BCUT2D eigenvalue weighted by Gasteiger charge is 2.21. The summed E-state index contributed by atoms with van der Waals surface area (Å²) in [6.45, 7) is 3.45. The summed E-state index contributed by atoms with van der Waals surface area (Å²) in [5.41, 5.74) is 0.665. The van der Waals surface area contributed by atoms with Gasteiger partial charge in [-0.3, -0.25) is 9.44 Å². The molecule has 0 aliphatic heterocycles. The standard InChI is InChI=1S/C25H21NO5S2.C24H19N5O4S2/c1-17(27)16-32-24-15-23(21-9-5-6-10-22(21)25(24)28)26-33(29,30)20-13-11-19(12-14-20)31-18-7-3-2-4-8-18;30-24-20-9-5-4-8-19(20)21(14-22(24)34-15-23-25-28-29-26-23)27-35(31,32)18-12-10-17(11-13-18)33-16-6-2-1-3-7-16/h2-15,26-28H,1,16H2;1-14,27,30H,15H2,(H,25,26,28,29). The second kappa shape index (κ2) is 20.9. The molecule has 68 heavy (non-hydrogen) atoms. The summed E-state index contributed by atoms with van der Waals surface area (Å²) in [6.07, 6.45) is 0. The van der Waals surface area contributed by atoms with E-state index in [-0.39, 0.29) is 32.8 Å². The van der Waals surface area contributed by atoms with Crippen LogP contribution in [0.5, 0.6) is 34.5 Å². The maximum Gasteiger partial charge on any atom is 0.261 e. The third-order valence-corrected chi connectivity index (χ3v) is 14.7. The lowest BCUT2D eigenvalue weighted by Crippen LogP contribution is -2.13. The molecule has 0 saturated heterocycles. The van der Waals surface area contributed by atoms with Gasteiger partial charge in [0.05, 0.1) is 48.2 Å². The lowest BCUT2D eigenvalue weighted by Gasteiger charge is -2.15. The smallest absolute Gasteiger partial charge is 0.261 e. The van der Waals surface area contributed by atoms with Crippen molar-refractivity contribution in [2.45, 2.75) is 25.3 Å². The van der Waals surface area contributed by atoms with E-state index in [1.807, 2.05) is 60.7 Å². The zero-order valence-electron chi connectivity index (χ0n) is 35.6. The van der Waals surface area contributed by atoms with Gasteiger partial charge in [-0.15, -0.1) is 33.7 Å². The van der Waals surface area contributed by atoms with E-state index in [9.17, 15) is 32.2 Å². The molecule has 0 radical (unpaired) electrons. The first-order valence-corrected chi connectivity index (χ1v) is 25.3. The lowest BCUT2D eigenvalue weighted by atomic mass is 10.1. The van der Waals surface area contributed by atoms with Crippen LogP contribution in [-0.2, 0) is 25.8 Å². The van der Waals surface area contributed by atoms with E-state index in [2.05, 4.69) is 36.6 Å². The average molecular weight is 985 g/mol. The number of anilines is 2. The number of ether oxygens (including phenoxy) is 2. The molecule has 1 aromatic heterocycles. The average Bonchev–Trinajstić information content (AvgIpc) is 3.88. The number of aliphatic hydroxyl groups is 1. The van der Waals surface area contributed by atoms with E-state index in [0.717, 1.165) is 11.8 Å². The quantitative estimate of drug-likeness (QED) is 0.0301. The highest BCUT2D eigenvalue weighted by Crippen LogP contribution is 2.43. The maximum absolute atomic E-state index is 13.2. The zero-order chi connectivity index (χ0) is 47.7. The number of H-pyrrole nitrogens is 1. The molecule has 0 amide bonds. The predicted octanol–water partition coefficient (Wildman–Crippen LogP) is 11.2. The van der Waals surface area contributed by atoms with Crippen LogP contribution in [0, 0.1) is 0 Å². The van der Waals surface area contributed by atoms with Gasteiger partial charge >= 0.3 is 0 Å². The van der Waals surface area contributed by atoms with E-state index in [4.69, 9.17) is 9.47 Å². The number of phenolic OH excluding ortho intramolecular Hbond substituents is 2. The Labute approximate surface area is 399 Å². The number of benzene rings is 8. The number of tetrazole rings is 1. The molecule has 0 fully saturated rings. The normalized spacial score (nSPS) is 11.4. The number of phenols is 2. The van der Waals surface area contributed by atoms with E-state index in [0.29, 0.717) is 77.3 Å². The fraction of sp³-hybridized carbons (Fsp3) is 0.0408. The first-order chi connectivity index (χ1) is 32.8. The monoisotopic (exact) mass is 984 g/mol. The minimum atomic E-state index is -3.92. The number of hydrogen-bond acceptors (Lipinski definition) is 14. The Hall–Kier alpha value is -7.71. The number of thioether (sulfide) groups is 2. The lowest BCUT2D eigenvalue weighted by molar-refractivity contribution is 0.420. The number of aromatic amines is 1. The molecule has 9 rings (SSSR count). The Morgan fingerprint density at radius 1 is 0.559 bits per heavy atom. The third kappa shape index (κ3) is 11.4. The fourth-order valence-corrected chi connectivity index (χ4v) is 10.4. The Balaban J connectivity index is 0.000000184. The van der Waals surface area contributed by atoms with Crippen LogP contribution in [0.25, 0.3) is 21.5 Å². The van der Waals surface area contributed by atoms with Gasteiger partial charge in [0.1, 0.15) is 34.5 Å². The molecule has 0 spiro atoms. The molecule has 0 bridgehead atoms. The van der Waals surface area contributed by atoms with Crippen LogP contribution in [0.3, 0.4) is 0 Å². The van der Waals surface area contributed by atoms with Gasteiger partial charge in [0.2, 0.25) is 0 Å². The minimum Gasteiger partial charge on any atom is -0.512 e. The summed E-state index contributed by atoms with van der Waals surface area (Å²) < 4.78 is 69.4. The van der Waals surface area contributed by atoms with Crippen molar-refractivity contribution in [3.63, 3.8) is 0 Å². The van der Waals surface area contributed by atoms with Crippen LogP contribution >= 0.6 is 23.5 Å². The number of sulfonamides is 2. The molecule has 6 N–H and O–H groups in total. The molecule has 9 aromatic rings. The molecule has 0 saturated carbocycles. The highest BCUT2D eigenvalue weighted by atomic mass is 32.2. The van der Waals surface area contributed by atoms with E-state index >= 15 is 0 Å². The molecule has 8 aromatic carbocycles. The second-order valence-corrected chi connectivity index (χ2v) is 20.0. The van der Waals surface area contributed by atoms with Crippen LogP contribution in [0.1, 0.15) is 5.82 Å². The molecular weight excluding hydrogens is 945 g/mol. The number of aromatic hydroxyl groups is 2. The van der Waals surface area contributed by atoms with Crippen molar-refractivity contribution in [2.75, 3.05) is 15.2 Å². The number of fused-ring (bicyclic) bond motifs is 2. The number of rotatable bonds is 16. The summed E-state index contributed by atoms with van der Waals surface area (Å²) in [5, 5.41) is 46.7. The highest BCUT2D eigenvalue weighted by molar-refractivity contribution is 7.99. The van der Waals surface area contributed by atoms with Gasteiger partial charge in [-0.1, -0.05) is 96.7 Å². The van der Waals surface area contributed by atoms with Crippen molar-refractivity contribution in [1.82, 2.24) is 20.6 Å². The molecule has 19 heteroatoms. The van der Waals surface area contributed by atoms with Gasteiger partial charge in [-0.05, 0) is 84.9 Å².